The predicted octanol–water partition coefficient (Wildman–Crippen LogP) is 3.77. The number of ether oxygens (including phenoxy) is 1. The predicted molar refractivity (Wildman–Crippen MR) is 130 cm³/mol. The van der Waals surface area contributed by atoms with Crippen LogP contribution < -0.4 is 14.7 Å². The Bertz CT molecular complexity index is 1300. The van der Waals surface area contributed by atoms with E-state index in [0.29, 0.717) is 17.9 Å². The Morgan fingerprint density at radius 3 is 2.73 bits per heavy atom. The van der Waals surface area contributed by atoms with Gasteiger partial charge in [-0.3, -0.25) is 4.79 Å². The number of carbonyl (C=O) groups excluding carboxylic acids is 1. The van der Waals surface area contributed by atoms with Gasteiger partial charge in [0.2, 0.25) is 0 Å². The molecule has 7 nitrogen and oxygen atoms in total. The molecule has 4 aromatic rings. The summed E-state index contributed by atoms with van der Waals surface area (Å²) in [5.41, 5.74) is 7.46. The minimum Gasteiger partial charge on any atom is -0.504 e. The summed E-state index contributed by atoms with van der Waals surface area (Å²) < 4.78 is 7.25. The molecule has 0 atom stereocenters. The van der Waals surface area contributed by atoms with Crippen molar-refractivity contribution in [3.63, 3.8) is 0 Å². The average molecular weight is 462 g/mol. The van der Waals surface area contributed by atoms with E-state index in [4.69, 9.17) is 4.74 Å². The van der Waals surface area contributed by atoms with Gasteiger partial charge in [-0.2, -0.15) is 5.10 Å². The molecule has 0 aliphatic heterocycles. The van der Waals surface area contributed by atoms with E-state index in [1.54, 1.807) is 18.2 Å². The fourth-order valence-corrected chi connectivity index (χ4v) is 4.24. The van der Waals surface area contributed by atoms with Gasteiger partial charge in [-0.05, 0) is 48.5 Å². The van der Waals surface area contributed by atoms with Gasteiger partial charge in [0.25, 0.3) is 5.91 Å². The highest BCUT2D eigenvalue weighted by atomic mass is 32.2. The van der Waals surface area contributed by atoms with Crippen molar-refractivity contribution in [3.8, 4) is 11.5 Å². The standard InChI is InChI=1S/C25H24N4O3S/c1-17-10-12-18(13-11-17)15-29-21-8-4-3-7-20(21)27-25(29)33-16-23(30)28-26-14-19-6-5-9-22(32-2)24(19)31/h3-14H,15-16H2,1-2H3,(H2,26,28,30,31)/p+1. The molecule has 0 spiro atoms. The number of phenols is 1. The molecule has 8 heteroatoms. The Balaban J connectivity index is 1.44. The van der Waals surface area contributed by atoms with E-state index < -0.39 is 0 Å². The molecule has 0 unspecified atom stereocenters. The lowest BCUT2D eigenvalue weighted by atomic mass is 10.1. The maximum atomic E-state index is 12.4. The number of thioether (sulfide) groups is 1. The van der Waals surface area contributed by atoms with Crippen LogP contribution in [0.5, 0.6) is 11.5 Å². The summed E-state index contributed by atoms with van der Waals surface area (Å²) in [5.74, 6) is 0.252. The zero-order chi connectivity index (χ0) is 23.2. The third kappa shape index (κ3) is 5.35. The maximum absolute atomic E-state index is 12.4. The molecule has 0 aliphatic rings. The largest absolute Gasteiger partial charge is 0.504 e. The lowest BCUT2D eigenvalue weighted by Crippen LogP contribution is -2.36. The Labute approximate surface area is 196 Å². The van der Waals surface area contributed by atoms with E-state index in [1.165, 1.54) is 36.2 Å². The lowest BCUT2D eigenvalue weighted by Gasteiger charge is -2.05. The Kier molecular flexibility index (Phi) is 6.95. The van der Waals surface area contributed by atoms with Gasteiger partial charge in [0.05, 0.1) is 19.1 Å². The van der Waals surface area contributed by atoms with Crippen LogP contribution in [0.2, 0.25) is 0 Å². The van der Waals surface area contributed by atoms with Crippen LogP contribution in [0.15, 0.2) is 77.0 Å². The smallest absolute Gasteiger partial charge is 0.317 e. The molecule has 0 fully saturated rings. The monoisotopic (exact) mass is 461 g/mol. The molecule has 1 aromatic heterocycles. The Morgan fingerprint density at radius 1 is 1.15 bits per heavy atom. The number of benzene rings is 3. The van der Waals surface area contributed by atoms with Crippen molar-refractivity contribution in [1.82, 2.24) is 10.4 Å². The molecule has 168 valence electrons. The summed E-state index contributed by atoms with van der Waals surface area (Å²) in [4.78, 5) is 15.8. The van der Waals surface area contributed by atoms with Gasteiger partial charge >= 0.3 is 5.16 Å². The summed E-state index contributed by atoms with van der Waals surface area (Å²) in [6.45, 7) is 2.77. The maximum Gasteiger partial charge on any atom is 0.317 e. The molecule has 33 heavy (non-hydrogen) atoms. The second-order valence-corrected chi connectivity index (χ2v) is 8.46. The zero-order valence-electron chi connectivity index (χ0n) is 18.4. The van der Waals surface area contributed by atoms with Crippen molar-refractivity contribution in [2.45, 2.75) is 18.6 Å². The number of aromatic hydroxyl groups is 1. The van der Waals surface area contributed by atoms with Crippen LogP contribution in [-0.4, -0.2) is 35.1 Å². The second-order valence-electron chi connectivity index (χ2n) is 7.50. The SMILES string of the molecule is COc1cccc(/C=N/NC(=O)CSc2[nH]c3ccccc3[n+]2Cc2ccc(C)cc2)c1O. The van der Waals surface area contributed by atoms with E-state index in [1.807, 2.05) is 18.2 Å². The number of aromatic amines is 1. The average Bonchev–Trinajstić information content (AvgIpc) is 3.17. The number of carbonyl (C=O) groups is 1. The molecule has 0 saturated carbocycles. The quantitative estimate of drug-likeness (QED) is 0.161. The summed E-state index contributed by atoms with van der Waals surface area (Å²) in [6.07, 6.45) is 1.39. The number of aromatic nitrogens is 2. The summed E-state index contributed by atoms with van der Waals surface area (Å²) in [6, 6.07) is 21.6. The van der Waals surface area contributed by atoms with Crippen LogP contribution in [0.4, 0.5) is 0 Å². The van der Waals surface area contributed by atoms with Gasteiger partial charge < -0.3 is 9.84 Å². The number of fused-ring (bicyclic) bond motifs is 1. The zero-order valence-corrected chi connectivity index (χ0v) is 19.2. The second kappa shape index (κ2) is 10.2. The van der Waals surface area contributed by atoms with Gasteiger partial charge in [-0.1, -0.05) is 48.0 Å². The number of methoxy groups -OCH3 is 1. The first-order chi connectivity index (χ1) is 16.0. The normalized spacial score (nSPS) is 11.2. The molecule has 3 N–H and O–H groups in total. The van der Waals surface area contributed by atoms with E-state index >= 15 is 0 Å². The van der Waals surface area contributed by atoms with Crippen molar-refractivity contribution in [2.75, 3.05) is 12.9 Å². The number of aryl methyl sites for hydroxylation is 1. The van der Waals surface area contributed by atoms with E-state index in [2.05, 4.69) is 57.3 Å². The van der Waals surface area contributed by atoms with Crippen molar-refractivity contribution in [3.05, 3.63) is 83.4 Å². The third-order valence-electron chi connectivity index (χ3n) is 5.13. The van der Waals surface area contributed by atoms with E-state index in [0.717, 1.165) is 16.2 Å². The van der Waals surface area contributed by atoms with E-state index in [-0.39, 0.29) is 17.4 Å². The molecule has 0 aliphatic carbocycles. The van der Waals surface area contributed by atoms with Crippen molar-refractivity contribution in [1.29, 1.82) is 0 Å². The number of imidazole rings is 1. The molecule has 3 aromatic carbocycles. The number of phenolic OH excluding ortho intramolecular Hbond substituents is 1. The van der Waals surface area contributed by atoms with Crippen molar-refractivity contribution in [2.24, 2.45) is 5.10 Å². The lowest BCUT2D eigenvalue weighted by molar-refractivity contribution is -0.700. The van der Waals surface area contributed by atoms with Crippen LogP contribution >= 0.6 is 11.8 Å². The van der Waals surface area contributed by atoms with Gasteiger partial charge in [0.1, 0.15) is 6.54 Å². The first-order valence-corrected chi connectivity index (χ1v) is 11.4. The molecular formula is C25H25N4O3S+. The number of rotatable bonds is 8. The van der Waals surface area contributed by atoms with Crippen LogP contribution in [0.3, 0.4) is 0 Å². The fourth-order valence-electron chi connectivity index (χ4n) is 3.40. The third-order valence-corrected chi connectivity index (χ3v) is 6.13. The highest BCUT2D eigenvalue weighted by molar-refractivity contribution is 7.99. The van der Waals surface area contributed by atoms with Crippen LogP contribution in [0, 0.1) is 6.92 Å². The summed E-state index contributed by atoms with van der Waals surface area (Å²) in [5, 5.41) is 15.0. The summed E-state index contributed by atoms with van der Waals surface area (Å²) in [7, 11) is 1.48. The number of para-hydroxylation sites is 3. The highest BCUT2D eigenvalue weighted by Crippen LogP contribution is 2.28. The molecule has 0 radical (unpaired) electrons. The first kappa shape index (κ1) is 22.4. The first-order valence-electron chi connectivity index (χ1n) is 10.4. The minimum atomic E-state index is -0.251. The number of nitrogens with one attached hydrogen (secondary N) is 2. The summed E-state index contributed by atoms with van der Waals surface area (Å²) >= 11 is 1.41. The van der Waals surface area contributed by atoms with Gasteiger partial charge in [-0.15, -0.1) is 0 Å². The van der Waals surface area contributed by atoms with Crippen LogP contribution in [-0.2, 0) is 11.3 Å². The number of hydrazone groups is 1. The van der Waals surface area contributed by atoms with Crippen LogP contribution in [0.25, 0.3) is 11.0 Å². The van der Waals surface area contributed by atoms with Crippen molar-refractivity contribution >= 4 is 34.9 Å². The molecule has 1 amide bonds. The Morgan fingerprint density at radius 2 is 1.94 bits per heavy atom. The van der Waals surface area contributed by atoms with Crippen molar-refractivity contribution < 1.29 is 19.2 Å². The molecule has 4 rings (SSSR count). The topological polar surface area (TPSA) is 90.6 Å². The van der Waals surface area contributed by atoms with Gasteiger partial charge in [0, 0.05) is 5.56 Å². The molecule has 0 bridgehead atoms. The highest BCUT2D eigenvalue weighted by Gasteiger charge is 2.20. The molecule has 0 saturated heterocycles. The molecular weight excluding hydrogens is 436 g/mol. The van der Waals surface area contributed by atoms with E-state index in [9.17, 15) is 9.90 Å². The number of amides is 1. The number of nitrogens with zero attached hydrogens (tertiary/aromatic N) is 2. The molecule has 1 heterocycles. The number of hydrogen-bond donors (Lipinski definition) is 3. The minimum absolute atomic E-state index is 0.0254. The Hall–Kier alpha value is -3.78. The fraction of sp³-hybridized carbons (Fsp3) is 0.160. The van der Waals surface area contributed by atoms with Crippen LogP contribution in [0.1, 0.15) is 16.7 Å². The van der Waals surface area contributed by atoms with Gasteiger partial charge in [0.15, 0.2) is 22.5 Å². The van der Waals surface area contributed by atoms with Gasteiger partial charge in [-0.25, -0.2) is 15.0 Å². The number of H-pyrrole nitrogens is 1. The number of hydrogen-bond acceptors (Lipinski definition) is 5.